The summed E-state index contributed by atoms with van der Waals surface area (Å²) in [4.78, 5) is 36.3. The summed E-state index contributed by atoms with van der Waals surface area (Å²) in [5.74, 6) is -0.614. The Morgan fingerprint density at radius 3 is 2.81 bits per heavy atom. The highest BCUT2D eigenvalue weighted by molar-refractivity contribution is 6.02. The quantitative estimate of drug-likeness (QED) is 0.656. The van der Waals surface area contributed by atoms with Gasteiger partial charge >= 0.3 is 0 Å². The molecule has 0 spiro atoms. The van der Waals surface area contributed by atoms with Gasteiger partial charge in [0.15, 0.2) is 0 Å². The van der Waals surface area contributed by atoms with Crippen LogP contribution in [0.25, 0.3) is 0 Å². The minimum atomic E-state index is -0.602. The molecule has 2 aliphatic rings. The van der Waals surface area contributed by atoms with Crippen molar-refractivity contribution in [3.63, 3.8) is 0 Å². The Hall–Kier alpha value is -2.70. The summed E-state index contributed by atoms with van der Waals surface area (Å²) in [5, 5.41) is 13.7. The van der Waals surface area contributed by atoms with E-state index in [9.17, 15) is 19.7 Å². The van der Waals surface area contributed by atoms with Gasteiger partial charge in [-0.25, -0.2) is 0 Å². The van der Waals surface area contributed by atoms with Crippen molar-refractivity contribution >= 4 is 17.5 Å². The molecular formula is C14H13N3O4. The second-order valence-corrected chi connectivity index (χ2v) is 5.14. The van der Waals surface area contributed by atoms with Crippen LogP contribution in [0.1, 0.15) is 28.8 Å². The molecule has 0 radical (unpaired) electrons. The molecule has 21 heavy (non-hydrogen) atoms. The Morgan fingerprint density at radius 1 is 1.38 bits per heavy atom. The molecule has 108 valence electrons. The van der Waals surface area contributed by atoms with Crippen LogP contribution in [-0.4, -0.2) is 27.7 Å². The molecule has 1 saturated heterocycles. The molecule has 1 atom stereocenters. The normalized spacial score (nSPS) is 21.2. The van der Waals surface area contributed by atoms with Crippen LogP contribution in [0.3, 0.4) is 0 Å². The third-order valence-corrected chi connectivity index (χ3v) is 3.87. The standard InChI is InChI=1S/C14H13N3O4/c1-8-5-6-12(13(18)15-8)16-7-10-9(14(16)19)3-2-4-11(10)17(20)21/h2-4,12H,1,5-7H2,(H,15,18). The monoisotopic (exact) mass is 287 g/mol. The lowest BCUT2D eigenvalue weighted by Gasteiger charge is -2.30. The van der Waals surface area contributed by atoms with Crippen LogP contribution in [0.5, 0.6) is 0 Å². The number of carbonyl (C=O) groups is 2. The van der Waals surface area contributed by atoms with Crippen LogP contribution in [0.4, 0.5) is 5.69 Å². The molecule has 7 heteroatoms. The van der Waals surface area contributed by atoms with Crippen LogP contribution in [0.2, 0.25) is 0 Å². The molecule has 1 aromatic carbocycles. The number of hydrogen-bond donors (Lipinski definition) is 1. The van der Waals surface area contributed by atoms with E-state index in [1.54, 1.807) is 6.07 Å². The number of fused-ring (bicyclic) bond motifs is 1. The molecule has 7 nitrogen and oxygen atoms in total. The lowest BCUT2D eigenvalue weighted by molar-refractivity contribution is -0.385. The van der Waals surface area contributed by atoms with Crippen LogP contribution < -0.4 is 5.32 Å². The van der Waals surface area contributed by atoms with E-state index in [2.05, 4.69) is 11.9 Å². The summed E-state index contributed by atoms with van der Waals surface area (Å²) in [6, 6.07) is 3.82. The van der Waals surface area contributed by atoms with Crippen LogP contribution >= 0.6 is 0 Å². The number of allylic oxidation sites excluding steroid dienone is 1. The Kier molecular flexibility index (Phi) is 2.97. The number of nitrogens with zero attached hydrogens (tertiary/aromatic N) is 2. The van der Waals surface area contributed by atoms with Gasteiger partial charge in [-0.05, 0) is 18.9 Å². The summed E-state index contributed by atoms with van der Waals surface area (Å²) in [6.45, 7) is 3.79. The average Bonchev–Trinajstić information content (AvgIpc) is 2.76. The van der Waals surface area contributed by atoms with Gasteiger partial charge in [0.05, 0.1) is 22.6 Å². The first-order valence-electron chi connectivity index (χ1n) is 6.55. The number of nitro benzene ring substituents is 1. The van der Waals surface area contributed by atoms with Gasteiger partial charge in [-0.1, -0.05) is 12.6 Å². The molecule has 1 unspecified atom stereocenters. The van der Waals surface area contributed by atoms with Crippen molar-refractivity contribution < 1.29 is 14.5 Å². The van der Waals surface area contributed by atoms with Crippen molar-refractivity contribution in [2.45, 2.75) is 25.4 Å². The molecule has 3 rings (SSSR count). The van der Waals surface area contributed by atoms with Crippen molar-refractivity contribution in [3.05, 3.63) is 51.7 Å². The van der Waals surface area contributed by atoms with Gasteiger partial charge in [0, 0.05) is 11.8 Å². The number of hydrogen-bond acceptors (Lipinski definition) is 4. The lowest BCUT2D eigenvalue weighted by atomic mass is 10.0. The Morgan fingerprint density at radius 2 is 2.14 bits per heavy atom. The van der Waals surface area contributed by atoms with Gasteiger partial charge in [-0.15, -0.1) is 0 Å². The van der Waals surface area contributed by atoms with Crippen molar-refractivity contribution in [3.8, 4) is 0 Å². The van der Waals surface area contributed by atoms with Crippen LogP contribution in [0, 0.1) is 10.1 Å². The fourth-order valence-electron chi connectivity index (χ4n) is 2.82. The highest BCUT2D eigenvalue weighted by atomic mass is 16.6. The van der Waals surface area contributed by atoms with Crippen LogP contribution in [0.15, 0.2) is 30.5 Å². The van der Waals surface area contributed by atoms with E-state index in [0.717, 1.165) is 0 Å². The van der Waals surface area contributed by atoms with E-state index in [1.807, 2.05) is 0 Å². The van der Waals surface area contributed by atoms with E-state index >= 15 is 0 Å². The maximum atomic E-state index is 12.4. The maximum Gasteiger partial charge on any atom is 0.275 e. The zero-order valence-corrected chi connectivity index (χ0v) is 11.2. The summed E-state index contributed by atoms with van der Waals surface area (Å²) in [7, 11) is 0. The van der Waals surface area contributed by atoms with Gasteiger partial charge in [0.1, 0.15) is 6.04 Å². The number of nitro groups is 1. The van der Waals surface area contributed by atoms with Gasteiger partial charge < -0.3 is 10.2 Å². The highest BCUT2D eigenvalue weighted by Crippen LogP contribution is 2.33. The zero-order chi connectivity index (χ0) is 15.1. The van der Waals surface area contributed by atoms with Gasteiger partial charge in [-0.2, -0.15) is 0 Å². The number of nitrogens with one attached hydrogen (secondary N) is 1. The minimum absolute atomic E-state index is 0.0797. The first-order valence-corrected chi connectivity index (χ1v) is 6.55. The van der Waals surface area contributed by atoms with Crippen molar-refractivity contribution in [2.75, 3.05) is 0 Å². The average molecular weight is 287 g/mol. The fourth-order valence-corrected chi connectivity index (χ4v) is 2.82. The first kappa shape index (κ1) is 13.3. The summed E-state index contributed by atoms with van der Waals surface area (Å²) < 4.78 is 0. The summed E-state index contributed by atoms with van der Waals surface area (Å²) in [5.41, 5.74) is 1.24. The topological polar surface area (TPSA) is 92.5 Å². The molecule has 2 amide bonds. The largest absolute Gasteiger partial charge is 0.329 e. The Labute approximate surface area is 120 Å². The van der Waals surface area contributed by atoms with Gasteiger partial charge in [-0.3, -0.25) is 19.7 Å². The maximum absolute atomic E-state index is 12.4. The molecule has 0 aromatic heterocycles. The van der Waals surface area contributed by atoms with E-state index < -0.39 is 11.0 Å². The molecule has 1 aromatic rings. The third-order valence-electron chi connectivity index (χ3n) is 3.87. The fraction of sp³-hybridized carbons (Fsp3) is 0.286. The highest BCUT2D eigenvalue weighted by Gasteiger charge is 2.40. The minimum Gasteiger partial charge on any atom is -0.329 e. The number of rotatable bonds is 2. The second kappa shape index (κ2) is 4.69. The van der Waals surface area contributed by atoms with E-state index in [-0.39, 0.29) is 24.0 Å². The number of amides is 2. The number of benzene rings is 1. The Balaban J connectivity index is 1.94. The first-order chi connectivity index (χ1) is 9.99. The number of carbonyl (C=O) groups excluding carboxylic acids is 2. The molecule has 2 aliphatic heterocycles. The Bertz CT molecular complexity index is 683. The molecule has 0 bridgehead atoms. The summed E-state index contributed by atoms with van der Waals surface area (Å²) >= 11 is 0. The zero-order valence-electron chi connectivity index (χ0n) is 11.2. The van der Waals surface area contributed by atoms with Crippen molar-refractivity contribution in [1.29, 1.82) is 0 Å². The SMILES string of the molecule is C=C1CCC(N2Cc3c(cccc3[N+](=O)[O-])C2=O)C(=O)N1. The molecule has 1 fully saturated rings. The van der Waals surface area contributed by atoms with Gasteiger partial charge in [0.2, 0.25) is 5.91 Å². The van der Waals surface area contributed by atoms with Gasteiger partial charge in [0.25, 0.3) is 11.6 Å². The van der Waals surface area contributed by atoms with E-state index in [0.29, 0.717) is 29.7 Å². The second-order valence-electron chi connectivity index (χ2n) is 5.14. The molecule has 0 saturated carbocycles. The van der Waals surface area contributed by atoms with E-state index in [1.165, 1.54) is 17.0 Å². The number of piperidine rings is 1. The van der Waals surface area contributed by atoms with Crippen molar-refractivity contribution in [2.24, 2.45) is 0 Å². The lowest BCUT2D eigenvalue weighted by Crippen LogP contribution is -2.49. The molecule has 1 N–H and O–H groups in total. The molecule has 0 aliphatic carbocycles. The third kappa shape index (κ3) is 2.06. The predicted molar refractivity (Wildman–Crippen MR) is 73.3 cm³/mol. The summed E-state index contributed by atoms with van der Waals surface area (Å²) in [6.07, 6.45) is 1.08. The smallest absolute Gasteiger partial charge is 0.275 e. The van der Waals surface area contributed by atoms with E-state index in [4.69, 9.17) is 0 Å². The van der Waals surface area contributed by atoms with Crippen LogP contribution in [-0.2, 0) is 11.3 Å². The van der Waals surface area contributed by atoms with Crippen molar-refractivity contribution in [1.82, 2.24) is 10.2 Å². The molecule has 2 heterocycles. The molecular weight excluding hydrogens is 274 g/mol. The predicted octanol–water partition coefficient (Wildman–Crippen LogP) is 1.34.